The van der Waals surface area contributed by atoms with Crippen molar-refractivity contribution in [2.75, 3.05) is 6.54 Å². The molecule has 2 aromatic rings. The van der Waals surface area contributed by atoms with Gasteiger partial charge in [0.2, 0.25) is 6.10 Å². The van der Waals surface area contributed by atoms with Gasteiger partial charge in [0.25, 0.3) is 17.7 Å². The van der Waals surface area contributed by atoms with Crippen LogP contribution in [0.4, 0.5) is 0 Å². The number of amides is 3. The minimum Gasteiger partial charge on any atom is -0.446 e. The molecule has 3 amide bonds. The summed E-state index contributed by atoms with van der Waals surface area (Å²) in [5.74, 6) is -2.30. The van der Waals surface area contributed by atoms with Crippen LogP contribution in [0.25, 0.3) is 0 Å². The number of imide groups is 1. The summed E-state index contributed by atoms with van der Waals surface area (Å²) in [5, 5.41) is 2.94. The van der Waals surface area contributed by atoms with E-state index >= 15 is 0 Å². The number of hydrogen-bond acceptors (Lipinski definition) is 5. The number of ether oxygens (including phenoxy) is 1. The standard InChI is InChI=1S/C23H22N2O5/c26-19(14-25-22(28)17-12-6-7-13-18(17)23(25)29)30-20(15-8-2-1-3-9-15)21(27)24-16-10-4-5-11-16/h1-3,6-9,12-13,16,20H,4-5,10-11,14H2,(H,24,27)/t20-/m1/s1. The van der Waals surface area contributed by atoms with Gasteiger partial charge >= 0.3 is 5.97 Å². The summed E-state index contributed by atoms with van der Waals surface area (Å²) in [7, 11) is 0. The van der Waals surface area contributed by atoms with Gasteiger partial charge in [-0.05, 0) is 25.0 Å². The molecule has 1 saturated carbocycles. The van der Waals surface area contributed by atoms with Crippen LogP contribution in [0.1, 0.15) is 58.1 Å². The molecule has 1 atom stereocenters. The average molecular weight is 406 g/mol. The van der Waals surface area contributed by atoms with Crippen LogP contribution >= 0.6 is 0 Å². The number of esters is 1. The van der Waals surface area contributed by atoms with E-state index in [1.54, 1.807) is 54.6 Å². The Morgan fingerprint density at radius 2 is 1.50 bits per heavy atom. The molecule has 2 aliphatic rings. The molecule has 1 fully saturated rings. The average Bonchev–Trinajstić information content (AvgIpc) is 3.35. The maximum atomic E-state index is 12.8. The third-order valence-corrected chi connectivity index (χ3v) is 5.46. The Morgan fingerprint density at radius 1 is 0.933 bits per heavy atom. The third-order valence-electron chi connectivity index (χ3n) is 5.46. The first-order valence-corrected chi connectivity index (χ1v) is 10.0. The van der Waals surface area contributed by atoms with Crippen molar-refractivity contribution >= 4 is 23.7 Å². The smallest absolute Gasteiger partial charge is 0.327 e. The van der Waals surface area contributed by atoms with E-state index in [0.29, 0.717) is 5.56 Å². The molecule has 4 rings (SSSR count). The second-order valence-electron chi connectivity index (χ2n) is 7.51. The minimum absolute atomic E-state index is 0.0682. The summed E-state index contributed by atoms with van der Waals surface area (Å²) in [4.78, 5) is 51.3. The maximum Gasteiger partial charge on any atom is 0.327 e. The van der Waals surface area contributed by atoms with E-state index in [0.717, 1.165) is 30.6 Å². The van der Waals surface area contributed by atoms with Gasteiger partial charge in [-0.1, -0.05) is 55.3 Å². The van der Waals surface area contributed by atoms with Gasteiger partial charge < -0.3 is 10.1 Å². The number of fused-ring (bicyclic) bond motifs is 1. The van der Waals surface area contributed by atoms with Crippen LogP contribution < -0.4 is 5.32 Å². The molecule has 0 aromatic heterocycles. The highest BCUT2D eigenvalue weighted by Gasteiger charge is 2.37. The van der Waals surface area contributed by atoms with E-state index < -0.39 is 36.3 Å². The van der Waals surface area contributed by atoms with Gasteiger partial charge in [0.15, 0.2) is 0 Å². The number of carbonyl (C=O) groups is 4. The van der Waals surface area contributed by atoms with Gasteiger partial charge in [-0.25, -0.2) is 0 Å². The van der Waals surface area contributed by atoms with E-state index in [1.807, 2.05) is 0 Å². The van der Waals surface area contributed by atoms with Crippen LogP contribution in [0.3, 0.4) is 0 Å². The molecule has 0 radical (unpaired) electrons. The van der Waals surface area contributed by atoms with Gasteiger partial charge in [-0.2, -0.15) is 0 Å². The number of hydrogen-bond donors (Lipinski definition) is 1. The Hall–Kier alpha value is -3.48. The lowest BCUT2D eigenvalue weighted by Gasteiger charge is -2.21. The van der Waals surface area contributed by atoms with Crippen molar-refractivity contribution in [2.45, 2.75) is 37.8 Å². The van der Waals surface area contributed by atoms with Crippen LogP contribution in [0, 0.1) is 0 Å². The third kappa shape index (κ3) is 3.96. The lowest BCUT2D eigenvalue weighted by atomic mass is 10.1. The van der Waals surface area contributed by atoms with Crippen molar-refractivity contribution in [3.63, 3.8) is 0 Å². The summed E-state index contributed by atoms with van der Waals surface area (Å²) >= 11 is 0. The normalized spacial score (nSPS) is 17.0. The first kappa shape index (κ1) is 19.8. The molecule has 0 spiro atoms. The Kier molecular flexibility index (Phi) is 5.61. The monoisotopic (exact) mass is 406 g/mol. The quantitative estimate of drug-likeness (QED) is 0.588. The predicted molar refractivity (Wildman–Crippen MR) is 107 cm³/mol. The first-order valence-electron chi connectivity index (χ1n) is 10.0. The van der Waals surface area contributed by atoms with E-state index in [1.165, 1.54) is 0 Å². The molecular weight excluding hydrogens is 384 g/mol. The number of rotatable bonds is 6. The minimum atomic E-state index is -1.14. The number of nitrogens with one attached hydrogen (secondary N) is 1. The molecule has 1 heterocycles. The fourth-order valence-electron chi connectivity index (χ4n) is 3.93. The van der Waals surface area contributed by atoms with Crippen molar-refractivity contribution in [3.05, 3.63) is 71.3 Å². The molecule has 7 heteroatoms. The zero-order valence-electron chi connectivity index (χ0n) is 16.4. The number of carbonyl (C=O) groups excluding carboxylic acids is 4. The summed E-state index contributed by atoms with van der Waals surface area (Å²) < 4.78 is 5.47. The molecule has 2 aromatic carbocycles. The molecule has 0 saturated heterocycles. The van der Waals surface area contributed by atoms with Gasteiger partial charge in [0, 0.05) is 11.6 Å². The Bertz CT molecular complexity index is 947. The molecule has 1 aliphatic carbocycles. The molecule has 0 bridgehead atoms. The van der Waals surface area contributed by atoms with Crippen LogP contribution in [-0.4, -0.2) is 41.2 Å². The van der Waals surface area contributed by atoms with E-state index in [9.17, 15) is 19.2 Å². The van der Waals surface area contributed by atoms with Crippen LogP contribution in [0.5, 0.6) is 0 Å². The van der Waals surface area contributed by atoms with E-state index in [4.69, 9.17) is 4.74 Å². The maximum absolute atomic E-state index is 12.8. The van der Waals surface area contributed by atoms with Crippen LogP contribution in [0.2, 0.25) is 0 Å². The van der Waals surface area contributed by atoms with Gasteiger partial charge in [-0.15, -0.1) is 0 Å². The fourth-order valence-corrected chi connectivity index (χ4v) is 3.93. The van der Waals surface area contributed by atoms with Crippen molar-refractivity contribution in [3.8, 4) is 0 Å². The molecule has 30 heavy (non-hydrogen) atoms. The Balaban J connectivity index is 1.47. The van der Waals surface area contributed by atoms with Gasteiger partial charge in [0.05, 0.1) is 11.1 Å². The summed E-state index contributed by atoms with van der Waals surface area (Å²) in [5.41, 5.74) is 1.05. The molecular formula is C23H22N2O5. The van der Waals surface area contributed by atoms with E-state index in [-0.39, 0.29) is 17.2 Å². The molecule has 0 unspecified atom stereocenters. The highest BCUT2D eigenvalue weighted by molar-refractivity contribution is 6.22. The second-order valence-corrected chi connectivity index (χ2v) is 7.51. The van der Waals surface area contributed by atoms with Crippen LogP contribution in [-0.2, 0) is 14.3 Å². The molecule has 1 aliphatic heterocycles. The summed E-state index contributed by atoms with van der Waals surface area (Å²) in [6.07, 6.45) is 2.77. The Morgan fingerprint density at radius 3 is 2.10 bits per heavy atom. The van der Waals surface area contributed by atoms with Crippen molar-refractivity contribution in [2.24, 2.45) is 0 Å². The molecule has 7 nitrogen and oxygen atoms in total. The van der Waals surface area contributed by atoms with Crippen molar-refractivity contribution < 1.29 is 23.9 Å². The lowest BCUT2D eigenvalue weighted by Crippen LogP contribution is -2.40. The topological polar surface area (TPSA) is 92.8 Å². The highest BCUT2D eigenvalue weighted by atomic mass is 16.5. The van der Waals surface area contributed by atoms with Crippen molar-refractivity contribution in [1.29, 1.82) is 0 Å². The lowest BCUT2D eigenvalue weighted by molar-refractivity contribution is -0.156. The molecule has 154 valence electrons. The number of nitrogens with zero attached hydrogens (tertiary/aromatic N) is 1. The predicted octanol–water partition coefficient (Wildman–Crippen LogP) is 2.63. The van der Waals surface area contributed by atoms with Gasteiger partial charge in [0.1, 0.15) is 6.54 Å². The second kappa shape index (κ2) is 8.49. The number of benzene rings is 2. The molecule has 1 N–H and O–H groups in total. The first-order chi connectivity index (χ1) is 14.5. The van der Waals surface area contributed by atoms with Gasteiger partial charge in [-0.3, -0.25) is 24.1 Å². The van der Waals surface area contributed by atoms with Crippen LogP contribution in [0.15, 0.2) is 54.6 Å². The fraction of sp³-hybridized carbons (Fsp3) is 0.304. The van der Waals surface area contributed by atoms with E-state index in [2.05, 4.69) is 5.32 Å². The zero-order valence-corrected chi connectivity index (χ0v) is 16.4. The SMILES string of the molecule is O=C(CN1C(=O)c2ccccc2C1=O)O[C@@H](C(=O)NC1CCCC1)c1ccccc1. The zero-order chi connectivity index (χ0) is 21.1. The summed E-state index contributed by atoms with van der Waals surface area (Å²) in [6, 6.07) is 15.2. The largest absolute Gasteiger partial charge is 0.446 e. The Labute approximate surface area is 174 Å². The summed E-state index contributed by atoms with van der Waals surface area (Å²) in [6.45, 7) is -0.549. The highest BCUT2D eigenvalue weighted by Crippen LogP contribution is 2.24. The van der Waals surface area contributed by atoms with Crippen molar-refractivity contribution in [1.82, 2.24) is 10.2 Å².